The molecule has 0 spiro atoms. The predicted molar refractivity (Wildman–Crippen MR) is 63.5 cm³/mol. The van der Waals surface area contributed by atoms with E-state index in [-0.39, 0.29) is 15.6 Å². The minimum Gasteiger partial charge on any atom is -0.480 e. The zero-order chi connectivity index (χ0) is 13.4. The number of carboxylic acids is 1. The van der Waals surface area contributed by atoms with Crippen molar-refractivity contribution >= 4 is 35.1 Å². The van der Waals surface area contributed by atoms with Crippen molar-refractivity contribution in [2.75, 3.05) is 6.54 Å². The van der Waals surface area contributed by atoms with Gasteiger partial charge >= 0.3 is 5.97 Å². The Bertz CT molecular complexity index is 595. The van der Waals surface area contributed by atoms with E-state index >= 15 is 0 Å². The number of hydrogen-bond acceptors (Lipinski definition) is 3. The Kier molecular flexibility index (Phi) is 3.16. The van der Waals surface area contributed by atoms with E-state index in [9.17, 15) is 9.59 Å². The van der Waals surface area contributed by atoms with Crippen molar-refractivity contribution in [2.24, 2.45) is 0 Å². The summed E-state index contributed by atoms with van der Waals surface area (Å²) in [5.74, 6) is -1.79. The van der Waals surface area contributed by atoms with Crippen LogP contribution >= 0.6 is 23.2 Å². The average Bonchev–Trinajstić information content (AvgIpc) is 2.57. The Labute approximate surface area is 112 Å². The van der Waals surface area contributed by atoms with Crippen molar-refractivity contribution in [3.05, 3.63) is 33.3 Å². The third kappa shape index (κ3) is 1.80. The standard InChI is InChI=1S/C11H6Cl2N2O3/c12-6-2-1-5-7(3-14)15(4-8(16)17)11(18)9(5)10(6)13/h1-2,7H,4H2,(H,16,17). The molecule has 18 heavy (non-hydrogen) atoms. The van der Waals surface area contributed by atoms with Gasteiger partial charge < -0.3 is 10.0 Å². The van der Waals surface area contributed by atoms with Crippen molar-refractivity contribution in [2.45, 2.75) is 6.04 Å². The minimum absolute atomic E-state index is 0.0484. The molecule has 1 N–H and O–H groups in total. The van der Waals surface area contributed by atoms with Crippen molar-refractivity contribution in [3.63, 3.8) is 0 Å². The quantitative estimate of drug-likeness (QED) is 0.902. The predicted octanol–water partition coefficient (Wildman–Crippen LogP) is 2.10. The first kappa shape index (κ1) is 12.7. The van der Waals surface area contributed by atoms with Crippen LogP contribution in [0.1, 0.15) is 22.0 Å². The van der Waals surface area contributed by atoms with Crippen LogP contribution in [0.2, 0.25) is 10.0 Å². The zero-order valence-electron chi connectivity index (χ0n) is 8.85. The monoisotopic (exact) mass is 284 g/mol. The maximum Gasteiger partial charge on any atom is 0.323 e. The van der Waals surface area contributed by atoms with Gasteiger partial charge in [0.25, 0.3) is 5.91 Å². The fraction of sp³-hybridized carbons (Fsp3) is 0.182. The second-order valence-corrected chi connectivity index (χ2v) is 4.47. The number of halogens is 2. The van der Waals surface area contributed by atoms with Gasteiger partial charge in [0.05, 0.1) is 21.7 Å². The highest BCUT2D eigenvalue weighted by molar-refractivity contribution is 6.44. The number of rotatable bonds is 2. The number of nitrogens with zero attached hydrogens (tertiary/aromatic N) is 2. The van der Waals surface area contributed by atoms with E-state index in [1.807, 2.05) is 6.07 Å². The summed E-state index contributed by atoms with van der Waals surface area (Å²) in [6, 6.07) is 3.93. The van der Waals surface area contributed by atoms with Crippen LogP contribution in [-0.4, -0.2) is 28.4 Å². The molecule has 7 heteroatoms. The first-order valence-electron chi connectivity index (χ1n) is 4.87. The van der Waals surface area contributed by atoms with Crippen LogP contribution < -0.4 is 0 Å². The number of amides is 1. The average molecular weight is 285 g/mol. The van der Waals surface area contributed by atoms with Gasteiger partial charge in [-0.25, -0.2) is 0 Å². The highest BCUT2D eigenvalue weighted by Crippen LogP contribution is 2.39. The molecule has 0 aliphatic carbocycles. The number of fused-ring (bicyclic) bond motifs is 1. The molecular weight excluding hydrogens is 279 g/mol. The number of carbonyl (C=O) groups is 2. The molecule has 0 aromatic heterocycles. The van der Waals surface area contributed by atoms with Gasteiger partial charge in [-0.15, -0.1) is 0 Å². The van der Waals surface area contributed by atoms with Crippen LogP contribution in [0.5, 0.6) is 0 Å². The molecule has 1 unspecified atom stereocenters. The molecule has 1 amide bonds. The molecule has 1 aromatic carbocycles. The fourth-order valence-electron chi connectivity index (χ4n) is 1.89. The Morgan fingerprint density at radius 1 is 1.50 bits per heavy atom. The van der Waals surface area contributed by atoms with Crippen molar-refractivity contribution in [1.82, 2.24) is 4.90 Å². The van der Waals surface area contributed by atoms with Crippen LogP contribution in [0, 0.1) is 11.3 Å². The Morgan fingerprint density at radius 3 is 2.72 bits per heavy atom. The highest BCUT2D eigenvalue weighted by atomic mass is 35.5. The molecule has 1 atom stereocenters. The second-order valence-electron chi connectivity index (χ2n) is 3.68. The Balaban J connectivity index is 2.56. The Morgan fingerprint density at radius 2 is 2.17 bits per heavy atom. The molecule has 2 rings (SSSR count). The summed E-state index contributed by atoms with van der Waals surface area (Å²) < 4.78 is 0. The normalized spacial score (nSPS) is 17.5. The molecule has 0 saturated heterocycles. The highest BCUT2D eigenvalue weighted by Gasteiger charge is 2.39. The first-order chi connectivity index (χ1) is 8.47. The van der Waals surface area contributed by atoms with Crippen molar-refractivity contribution < 1.29 is 14.7 Å². The van der Waals surface area contributed by atoms with Gasteiger partial charge in [0.15, 0.2) is 0 Å². The van der Waals surface area contributed by atoms with Crippen LogP contribution in [-0.2, 0) is 4.79 Å². The third-order valence-corrected chi connectivity index (χ3v) is 3.44. The molecule has 92 valence electrons. The van der Waals surface area contributed by atoms with E-state index in [1.54, 1.807) is 0 Å². The molecule has 0 saturated carbocycles. The van der Waals surface area contributed by atoms with Gasteiger partial charge in [0.2, 0.25) is 0 Å². The molecule has 0 bridgehead atoms. The van der Waals surface area contributed by atoms with Gasteiger partial charge in [0.1, 0.15) is 12.6 Å². The van der Waals surface area contributed by atoms with Crippen LogP contribution in [0.3, 0.4) is 0 Å². The van der Waals surface area contributed by atoms with Crippen LogP contribution in [0.4, 0.5) is 0 Å². The van der Waals surface area contributed by atoms with E-state index in [2.05, 4.69) is 0 Å². The summed E-state index contributed by atoms with van der Waals surface area (Å²) in [5, 5.41) is 18.0. The summed E-state index contributed by atoms with van der Waals surface area (Å²) in [5.41, 5.74) is 0.495. The van der Waals surface area contributed by atoms with Crippen molar-refractivity contribution in [3.8, 4) is 6.07 Å². The maximum absolute atomic E-state index is 12.0. The lowest BCUT2D eigenvalue weighted by molar-refractivity contribution is -0.137. The van der Waals surface area contributed by atoms with Crippen LogP contribution in [0.25, 0.3) is 0 Å². The lowest BCUT2D eigenvalue weighted by atomic mass is 10.1. The fourth-order valence-corrected chi connectivity index (χ4v) is 2.30. The number of nitriles is 1. The molecule has 1 aromatic rings. The molecule has 5 nitrogen and oxygen atoms in total. The van der Waals surface area contributed by atoms with E-state index < -0.39 is 24.5 Å². The number of aliphatic carboxylic acids is 1. The first-order valence-corrected chi connectivity index (χ1v) is 5.63. The van der Waals surface area contributed by atoms with E-state index in [1.165, 1.54) is 12.1 Å². The number of benzene rings is 1. The Hall–Kier alpha value is -1.77. The molecule has 0 radical (unpaired) electrons. The van der Waals surface area contributed by atoms with Crippen molar-refractivity contribution in [1.29, 1.82) is 5.26 Å². The van der Waals surface area contributed by atoms with Gasteiger partial charge in [-0.2, -0.15) is 5.26 Å². The number of carboxylic acid groups (broad SMARTS) is 1. The molecule has 0 fully saturated rings. The SMILES string of the molecule is N#CC1c2ccc(Cl)c(Cl)c2C(=O)N1CC(=O)O. The summed E-state index contributed by atoms with van der Waals surface area (Å²) in [4.78, 5) is 23.7. The maximum atomic E-state index is 12.0. The summed E-state index contributed by atoms with van der Waals surface area (Å²) >= 11 is 11.7. The van der Waals surface area contributed by atoms with E-state index in [0.717, 1.165) is 4.90 Å². The van der Waals surface area contributed by atoms with E-state index in [0.29, 0.717) is 5.56 Å². The third-order valence-electron chi connectivity index (χ3n) is 2.64. The summed E-state index contributed by atoms with van der Waals surface area (Å²) in [6.45, 7) is -0.556. The topological polar surface area (TPSA) is 81.4 Å². The van der Waals surface area contributed by atoms with Gasteiger partial charge in [0, 0.05) is 5.56 Å². The largest absolute Gasteiger partial charge is 0.480 e. The second kappa shape index (κ2) is 4.48. The summed E-state index contributed by atoms with van der Waals surface area (Å²) in [6.07, 6.45) is 0. The molecular formula is C11H6Cl2N2O3. The lowest BCUT2D eigenvalue weighted by Gasteiger charge is -2.16. The van der Waals surface area contributed by atoms with Gasteiger partial charge in [-0.1, -0.05) is 29.3 Å². The minimum atomic E-state index is -1.20. The number of hydrogen-bond donors (Lipinski definition) is 1. The lowest BCUT2D eigenvalue weighted by Crippen LogP contribution is -2.32. The molecule has 1 heterocycles. The molecule has 1 aliphatic heterocycles. The molecule has 1 aliphatic rings. The van der Waals surface area contributed by atoms with Crippen LogP contribution in [0.15, 0.2) is 12.1 Å². The van der Waals surface area contributed by atoms with Gasteiger partial charge in [-0.3, -0.25) is 9.59 Å². The smallest absolute Gasteiger partial charge is 0.323 e. The van der Waals surface area contributed by atoms with E-state index in [4.69, 9.17) is 33.6 Å². The van der Waals surface area contributed by atoms with Gasteiger partial charge in [-0.05, 0) is 6.07 Å². The zero-order valence-corrected chi connectivity index (χ0v) is 10.4. The number of carbonyl (C=O) groups excluding carboxylic acids is 1. The summed E-state index contributed by atoms with van der Waals surface area (Å²) in [7, 11) is 0.